The van der Waals surface area contributed by atoms with Crippen molar-refractivity contribution in [1.29, 1.82) is 0 Å². The van der Waals surface area contributed by atoms with Crippen LogP contribution in [0.5, 0.6) is 0 Å². The van der Waals surface area contributed by atoms with Gasteiger partial charge in [0.05, 0.1) is 12.6 Å². The molecule has 2 atom stereocenters. The summed E-state index contributed by atoms with van der Waals surface area (Å²) in [5.41, 5.74) is -0.148. The third-order valence-corrected chi connectivity index (χ3v) is 5.07. The van der Waals surface area contributed by atoms with Crippen LogP contribution in [-0.2, 0) is 4.79 Å². The van der Waals surface area contributed by atoms with Crippen LogP contribution in [0.2, 0.25) is 0 Å². The molecular weight excluding hydrogens is 288 g/mol. The lowest BCUT2D eigenvalue weighted by Gasteiger charge is -2.43. The van der Waals surface area contributed by atoms with Crippen molar-refractivity contribution < 1.29 is 13.6 Å². The fourth-order valence-electron chi connectivity index (χ4n) is 3.39. The van der Waals surface area contributed by atoms with Crippen molar-refractivity contribution in [2.24, 2.45) is 5.92 Å². The molecule has 6 heteroatoms. The number of hydrogen-bond donors (Lipinski definition) is 2. The summed E-state index contributed by atoms with van der Waals surface area (Å²) in [5.74, 6) is -2.35. The molecule has 0 aliphatic carbocycles. The molecule has 2 N–H and O–H groups in total. The standard InChI is InChI=1S/C16H29F2N3O/c1-4-12-6-5-7-21(9-12)15(2,3)10-20-14(22)13-8-16(17,18)11-19-13/h12-13,19H,4-11H2,1-3H3,(H,20,22). The second kappa shape index (κ2) is 6.79. The van der Waals surface area contributed by atoms with Gasteiger partial charge in [-0.2, -0.15) is 0 Å². The van der Waals surface area contributed by atoms with E-state index in [1.807, 2.05) is 0 Å². The molecule has 0 radical (unpaired) electrons. The number of hydrogen-bond acceptors (Lipinski definition) is 3. The molecule has 4 nitrogen and oxygen atoms in total. The van der Waals surface area contributed by atoms with Gasteiger partial charge in [-0.05, 0) is 39.2 Å². The Morgan fingerprint density at radius 1 is 1.45 bits per heavy atom. The highest BCUT2D eigenvalue weighted by Crippen LogP contribution is 2.27. The zero-order valence-corrected chi connectivity index (χ0v) is 13.9. The minimum Gasteiger partial charge on any atom is -0.353 e. The van der Waals surface area contributed by atoms with Crippen LogP contribution in [-0.4, -0.2) is 54.5 Å². The van der Waals surface area contributed by atoms with E-state index in [9.17, 15) is 13.6 Å². The van der Waals surface area contributed by atoms with Crippen LogP contribution in [0.25, 0.3) is 0 Å². The molecule has 2 rings (SSSR count). The average Bonchev–Trinajstić information content (AvgIpc) is 2.85. The number of halogens is 2. The Labute approximate surface area is 132 Å². The Morgan fingerprint density at radius 3 is 2.77 bits per heavy atom. The van der Waals surface area contributed by atoms with Crippen LogP contribution in [0, 0.1) is 5.92 Å². The fraction of sp³-hybridized carbons (Fsp3) is 0.938. The highest BCUT2D eigenvalue weighted by atomic mass is 19.3. The number of amides is 1. The van der Waals surface area contributed by atoms with Gasteiger partial charge in [-0.15, -0.1) is 0 Å². The Bertz CT molecular complexity index is 401. The molecular formula is C16H29F2N3O. The summed E-state index contributed by atoms with van der Waals surface area (Å²) in [6.45, 7) is 8.63. The minimum absolute atomic E-state index is 0.148. The van der Waals surface area contributed by atoms with Crippen LogP contribution >= 0.6 is 0 Å². The van der Waals surface area contributed by atoms with E-state index in [0.717, 1.165) is 19.0 Å². The van der Waals surface area contributed by atoms with Crippen LogP contribution < -0.4 is 10.6 Å². The van der Waals surface area contributed by atoms with Crippen molar-refractivity contribution >= 4 is 5.91 Å². The first kappa shape index (κ1) is 17.6. The monoisotopic (exact) mass is 317 g/mol. The normalized spacial score (nSPS) is 29.5. The minimum atomic E-state index is -2.77. The molecule has 2 aliphatic heterocycles. The predicted octanol–water partition coefficient (Wildman–Crippen LogP) is 2.00. The van der Waals surface area contributed by atoms with Crippen molar-refractivity contribution in [1.82, 2.24) is 15.5 Å². The van der Waals surface area contributed by atoms with Crippen LogP contribution in [0.3, 0.4) is 0 Å². The lowest BCUT2D eigenvalue weighted by molar-refractivity contribution is -0.124. The summed E-state index contributed by atoms with van der Waals surface area (Å²) in [6, 6.07) is -0.768. The summed E-state index contributed by atoms with van der Waals surface area (Å²) in [7, 11) is 0. The fourth-order valence-corrected chi connectivity index (χ4v) is 3.39. The van der Waals surface area contributed by atoms with Crippen molar-refractivity contribution in [2.75, 3.05) is 26.2 Å². The summed E-state index contributed by atoms with van der Waals surface area (Å²) >= 11 is 0. The van der Waals surface area contributed by atoms with Crippen LogP contribution in [0.1, 0.15) is 46.5 Å². The Balaban J connectivity index is 1.83. The Kier molecular flexibility index (Phi) is 5.43. The summed E-state index contributed by atoms with van der Waals surface area (Å²) < 4.78 is 26.3. The maximum absolute atomic E-state index is 13.2. The zero-order chi connectivity index (χ0) is 16.4. The van der Waals surface area contributed by atoms with Gasteiger partial charge in [0, 0.05) is 25.0 Å². The molecule has 0 aromatic heterocycles. The highest BCUT2D eigenvalue weighted by molar-refractivity contribution is 5.82. The van der Waals surface area contributed by atoms with Gasteiger partial charge in [-0.1, -0.05) is 13.3 Å². The third kappa shape index (κ3) is 4.38. The molecule has 1 amide bonds. The van der Waals surface area contributed by atoms with E-state index in [2.05, 4.69) is 36.3 Å². The second-order valence-electron chi connectivity index (χ2n) is 7.39. The summed E-state index contributed by atoms with van der Waals surface area (Å²) in [6.07, 6.45) is 3.24. The van der Waals surface area contributed by atoms with Crippen molar-refractivity contribution in [3.8, 4) is 0 Å². The number of nitrogens with zero attached hydrogens (tertiary/aromatic N) is 1. The van der Waals surface area contributed by atoms with E-state index in [1.165, 1.54) is 19.3 Å². The molecule has 128 valence electrons. The number of likely N-dealkylation sites (tertiary alicyclic amines) is 1. The topological polar surface area (TPSA) is 44.4 Å². The Hall–Kier alpha value is -0.750. The van der Waals surface area contributed by atoms with E-state index >= 15 is 0 Å². The molecule has 22 heavy (non-hydrogen) atoms. The number of carbonyl (C=O) groups excluding carboxylic acids is 1. The van der Waals surface area contributed by atoms with Crippen molar-refractivity contribution in [3.63, 3.8) is 0 Å². The molecule has 0 aromatic carbocycles. The molecule has 2 aliphatic rings. The molecule has 0 saturated carbocycles. The number of carbonyl (C=O) groups is 1. The van der Waals surface area contributed by atoms with Crippen LogP contribution in [0.4, 0.5) is 8.78 Å². The van der Waals surface area contributed by atoms with Gasteiger partial charge in [-0.25, -0.2) is 8.78 Å². The molecule has 2 saturated heterocycles. The quantitative estimate of drug-likeness (QED) is 0.815. The van der Waals surface area contributed by atoms with Crippen LogP contribution in [0.15, 0.2) is 0 Å². The first-order chi connectivity index (χ1) is 10.2. The SMILES string of the molecule is CCC1CCCN(C(C)(C)CNC(=O)C2CC(F)(F)CN2)C1. The van der Waals surface area contributed by atoms with Crippen molar-refractivity contribution in [2.45, 2.75) is 64.0 Å². The molecule has 2 unspecified atom stereocenters. The van der Waals surface area contributed by atoms with Gasteiger partial charge in [0.1, 0.15) is 0 Å². The number of alkyl halides is 2. The molecule has 0 spiro atoms. The van der Waals surface area contributed by atoms with E-state index in [-0.39, 0.29) is 11.4 Å². The first-order valence-corrected chi connectivity index (χ1v) is 8.37. The largest absolute Gasteiger partial charge is 0.353 e. The van der Waals surface area contributed by atoms with E-state index < -0.39 is 24.9 Å². The smallest absolute Gasteiger partial charge is 0.262 e. The maximum atomic E-state index is 13.2. The molecule has 0 bridgehead atoms. The van der Waals surface area contributed by atoms with Gasteiger partial charge in [0.15, 0.2) is 0 Å². The molecule has 0 aromatic rings. The maximum Gasteiger partial charge on any atom is 0.262 e. The summed E-state index contributed by atoms with van der Waals surface area (Å²) in [5, 5.41) is 5.46. The lowest BCUT2D eigenvalue weighted by atomic mass is 9.91. The first-order valence-electron chi connectivity index (χ1n) is 8.37. The van der Waals surface area contributed by atoms with E-state index in [1.54, 1.807) is 0 Å². The molecule has 2 fully saturated rings. The number of nitrogens with one attached hydrogen (secondary N) is 2. The van der Waals surface area contributed by atoms with Gasteiger partial charge in [0.2, 0.25) is 5.91 Å². The third-order valence-electron chi connectivity index (χ3n) is 5.07. The number of rotatable bonds is 5. The van der Waals surface area contributed by atoms with Gasteiger partial charge in [-0.3, -0.25) is 15.0 Å². The van der Waals surface area contributed by atoms with Crippen molar-refractivity contribution in [3.05, 3.63) is 0 Å². The van der Waals surface area contributed by atoms with Gasteiger partial charge >= 0.3 is 0 Å². The Morgan fingerprint density at radius 2 is 2.18 bits per heavy atom. The van der Waals surface area contributed by atoms with E-state index in [0.29, 0.717) is 6.54 Å². The van der Waals surface area contributed by atoms with Gasteiger partial charge in [0.25, 0.3) is 5.92 Å². The molecule has 2 heterocycles. The van der Waals surface area contributed by atoms with Gasteiger partial charge < -0.3 is 5.32 Å². The number of piperidine rings is 1. The lowest BCUT2D eigenvalue weighted by Crippen LogP contribution is -2.56. The predicted molar refractivity (Wildman–Crippen MR) is 83.0 cm³/mol. The summed E-state index contributed by atoms with van der Waals surface area (Å²) in [4.78, 5) is 14.5. The van der Waals surface area contributed by atoms with E-state index in [4.69, 9.17) is 0 Å². The average molecular weight is 317 g/mol. The highest BCUT2D eigenvalue weighted by Gasteiger charge is 2.42. The second-order valence-corrected chi connectivity index (χ2v) is 7.39. The zero-order valence-electron chi connectivity index (χ0n) is 13.9.